The second kappa shape index (κ2) is 4.96. The molecular formula is C10H17NO. The minimum absolute atomic E-state index is 0.138. The van der Waals surface area contributed by atoms with Crippen molar-refractivity contribution in [1.29, 1.82) is 0 Å². The SMILES string of the molecule is CC(=O)C=CN1CCCCCC1. The van der Waals surface area contributed by atoms with Crippen molar-refractivity contribution in [1.82, 2.24) is 4.90 Å². The number of hydrogen-bond acceptors (Lipinski definition) is 2. The molecule has 0 unspecified atom stereocenters. The molecule has 0 atom stereocenters. The van der Waals surface area contributed by atoms with Crippen LogP contribution in [0.3, 0.4) is 0 Å². The van der Waals surface area contributed by atoms with Crippen molar-refractivity contribution in [3.05, 3.63) is 12.3 Å². The van der Waals surface area contributed by atoms with Crippen molar-refractivity contribution < 1.29 is 4.79 Å². The summed E-state index contributed by atoms with van der Waals surface area (Å²) in [5.74, 6) is 0.138. The number of nitrogens with zero attached hydrogens (tertiary/aromatic N) is 1. The van der Waals surface area contributed by atoms with E-state index in [1.165, 1.54) is 25.7 Å². The molecule has 1 saturated heterocycles. The van der Waals surface area contributed by atoms with Crippen LogP contribution in [0.1, 0.15) is 32.6 Å². The van der Waals surface area contributed by atoms with Crippen LogP contribution in [0.4, 0.5) is 0 Å². The van der Waals surface area contributed by atoms with Gasteiger partial charge in [0.15, 0.2) is 5.78 Å². The highest BCUT2D eigenvalue weighted by atomic mass is 16.1. The molecule has 1 aliphatic rings. The molecule has 0 N–H and O–H groups in total. The van der Waals surface area contributed by atoms with E-state index in [0.29, 0.717) is 0 Å². The smallest absolute Gasteiger partial charge is 0.154 e. The summed E-state index contributed by atoms with van der Waals surface area (Å²) >= 11 is 0. The number of rotatable bonds is 2. The van der Waals surface area contributed by atoms with Crippen LogP contribution in [-0.4, -0.2) is 23.8 Å². The molecule has 68 valence electrons. The fraction of sp³-hybridized carbons (Fsp3) is 0.700. The van der Waals surface area contributed by atoms with Gasteiger partial charge < -0.3 is 4.90 Å². The molecule has 0 aliphatic carbocycles. The third-order valence-corrected chi connectivity index (χ3v) is 2.16. The highest BCUT2D eigenvalue weighted by molar-refractivity contribution is 5.87. The topological polar surface area (TPSA) is 20.3 Å². The average molecular weight is 167 g/mol. The van der Waals surface area contributed by atoms with Gasteiger partial charge in [-0.1, -0.05) is 12.8 Å². The molecule has 0 radical (unpaired) electrons. The molecule has 0 saturated carbocycles. The molecule has 1 fully saturated rings. The predicted molar refractivity (Wildman–Crippen MR) is 49.9 cm³/mol. The molecule has 0 aromatic carbocycles. The van der Waals surface area contributed by atoms with Crippen molar-refractivity contribution in [3.63, 3.8) is 0 Å². The maximum Gasteiger partial charge on any atom is 0.154 e. The number of hydrogen-bond donors (Lipinski definition) is 0. The van der Waals surface area contributed by atoms with Gasteiger partial charge in [-0.05, 0) is 25.8 Å². The van der Waals surface area contributed by atoms with Crippen LogP contribution in [0.2, 0.25) is 0 Å². The lowest BCUT2D eigenvalue weighted by atomic mass is 10.2. The van der Waals surface area contributed by atoms with Gasteiger partial charge in [0.2, 0.25) is 0 Å². The minimum Gasteiger partial charge on any atom is -0.377 e. The largest absolute Gasteiger partial charge is 0.377 e. The molecule has 1 heterocycles. The molecule has 0 amide bonds. The van der Waals surface area contributed by atoms with Gasteiger partial charge in [-0.15, -0.1) is 0 Å². The van der Waals surface area contributed by atoms with E-state index in [2.05, 4.69) is 4.90 Å². The first-order valence-corrected chi connectivity index (χ1v) is 4.72. The summed E-state index contributed by atoms with van der Waals surface area (Å²) < 4.78 is 0. The van der Waals surface area contributed by atoms with Crippen molar-refractivity contribution in [2.75, 3.05) is 13.1 Å². The quantitative estimate of drug-likeness (QED) is 0.586. The second-order valence-corrected chi connectivity index (χ2v) is 3.38. The summed E-state index contributed by atoms with van der Waals surface area (Å²) in [6.07, 6.45) is 8.80. The maximum atomic E-state index is 10.7. The van der Waals surface area contributed by atoms with Gasteiger partial charge in [0.05, 0.1) is 0 Å². The van der Waals surface area contributed by atoms with Crippen LogP contribution >= 0.6 is 0 Å². The third-order valence-electron chi connectivity index (χ3n) is 2.16. The van der Waals surface area contributed by atoms with Crippen LogP contribution in [0.5, 0.6) is 0 Å². The van der Waals surface area contributed by atoms with Gasteiger partial charge in [-0.2, -0.15) is 0 Å². The molecule has 1 rings (SSSR count). The molecule has 2 nitrogen and oxygen atoms in total. The first-order valence-electron chi connectivity index (χ1n) is 4.72. The van der Waals surface area contributed by atoms with E-state index >= 15 is 0 Å². The Morgan fingerprint density at radius 3 is 2.25 bits per heavy atom. The summed E-state index contributed by atoms with van der Waals surface area (Å²) in [5, 5.41) is 0. The Labute approximate surface area is 74.2 Å². The highest BCUT2D eigenvalue weighted by Gasteiger charge is 2.03. The Morgan fingerprint density at radius 1 is 1.17 bits per heavy atom. The van der Waals surface area contributed by atoms with E-state index in [1.54, 1.807) is 13.0 Å². The van der Waals surface area contributed by atoms with Gasteiger partial charge in [0.25, 0.3) is 0 Å². The number of likely N-dealkylation sites (tertiary alicyclic amines) is 1. The third kappa shape index (κ3) is 3.56. The van der Waals surface area contributed by atoms with Crippen LogP contribution in [0, 0.1) is 0 Å². The summed E-state index contributed by atoms with van der Waals surface area (Å²) in [7, 11) is 0. The van der Waals surface area contributed by atoms with Crippen LogP contribution in [0.25, 0.3) is 0 Å². The van der Waals surface area contributed by atoms with Gasteiger partial charge in [0, 0.05) is 19.3 Å². The molecule has 0 aromatic rings. The summed E-state index contributed by atoms with van der Waals surface area (Å²) in [4.78, 5) is 12.9. The molecular weight excluding hydrogens is 150 g/mol. The zero-order valence-corrected chi connectivity index (χ0v) is 7.75. The van der Waals surface area contributed by atoms with Crippen molar-refractivity contribution in [2.24, 2.45) is 0 Å². The lowest BCUT2D eigenvalue weighted by molar-refractivity contribution is -0.112. The number of ketones is 1. The monoisotopic (exact) mass is 167 g/mol. The Kier molecular flexibility index (Phi) is 3.85. The summed E-state index contributed by atoms with van der Waals surface area (Å²) in [6, 6.07) is 0. The van der Waals surface area contributed by atoms with Crippen molar-refractivity contribution in [2.45, 2.75) is 32.6 Å². The predicted octanol–water partition coefficient (Wildman–Crippen LogP) is 1.97. The summed E-state index contributed by atoms with van der Waals surface area (Å²) in [5.41, 5.74) is 0. The highest BCUT2D eigenvalue weighted by Crippen LogP contribution is 2.09. The van der Waals surface area contributed by atoms with Crippen LogP contribution < -0.4 is 0 Å². The Bertz CT molecular complexity index is 167. The van der Waals surface area contributed by atoms with E-state index in [-0.39, 0.29) is 5.78 Å². The average Bonchev–Trinajstić information content (AvgIpc) is 2.28. The van der Waals surface area contributed by atoms with Crippen molar-refractivity contribution >= 4 is 5.78 Å². The number of allylic oxidation sites excluding steroid dienone is 1. The Morgan fingerprint density at radius 2 is 1.75 bits per heavy atom. The Balaban J connectivity index is 2.34. The maximum absolute atomic E-state index is 10.7. The molecule has 0 bridgehead atoms. The second-order valence-electron chi connectivity index (χ2n) is 3.38. The molecule has 1 aliphatic heterocycles. The van der Waals surface area contributed by atoms with E-state index in [0.717, 1.165) is 13.1 Å². The lowest BCUT2D eigenvalue weighted by Gasteiger charge is -2.16. The van der Waals surface area contributed by atoms with E-state index < -0.39 is 0 Å². The first-order chi connectivity index (χ1) is 5.79. The van der Waals surface area contributed by atoms with E-state index in [1.807, 2.05) is 6.20 Å². The van der Waals surface area contributed by atoms with Gasteiger partial charge >= 0.3 is 0 Å². The number of carbonyl (C=O) groups is 1. The zero-order chi connectivity index (χ0) is 8.81. The van der Waals surface area contributed by atoms with E-state index in [9.17, 15) is 4.79 Å². The minimum atomic E-state index is 0.138. The Hall–Kier alpha value is -0.790. The van der Waals surface area contributed by atoms with Gasteiger partial charge in [-0.3, -0.25) is 4.79 Å². The molecule has 0 spiro atoms. The van der Waals surface area contributed by atoms with Crippen LogP contribution in [0.15, 0.2) is 12.3 Å². The number of carbonyl (C=O) groups excluding carboxylic acids is 1. The molecule has 0 aromatic heterocycles. The van der Waals surface area contributed by atoms with Crippen molar-refractivity contribution in [3.8, 4) is 0 Å². The normalized spacial score (nSPS) is 19.6. The zero-order valence-electron chi connectivity index (χ0n) is 7.75. The van der Waals surface area contributed by atoms with Gasteiger partial charge in [0.1, 0.15) is 0 Å². The molecule has 12 heavy (non-hydrogen) atoms. The first kappa shape index (κ1) is 9.30. The summed E-state index contributed by atoms with van der Waals surface area (Å²) in [6.45, 7) is 3.82. The standard InChI is InChI=1S/C10H17NO/c1-10(12)6-9-11-7-4-2-3-5-8-11/h6,9H,2-5,7-8H2,1H3. The van der Waals surface area contributed by atoms with Crippen LogP contribution in [-0.2, 0) is 4.79 Å². The van der Waals surface area contributed by atoms with E-state index in [4.69, 9.17) is 0 Å². The molecule has 2 heteroatoms. The lowest BCUT2D eigenvalue weighted by Crippen LogP contribution is -2.17. The fourth-order valence-electron chi connectivity index (χ4n) is 1.45. The van der Waals surface area contributed by atoms with Gasteiger partial charge in [-0.25, -0.2) is 0 Å². The fourth-order valence-corrected chi connectivity index (χ4v) is 1.45.